The number of halogens is 2. The molecule has 1 amide bonds. The van der Waals surface area contributed by atoms with Crippen LogP contribution in [0.15, 0.2) is 54.9 Å². The third kappa shape index (κ3) is 4.04. The minimum atomic E-state index is -0.620. The summed E-state index contributed by atoms with van der Waals surface area (Å²) in [4.78, 5) is 35.1. The molecule has 158 valence electrons. The van der Waals surface area contributed by atoms with Crippen LogP contribution in [0.1, 0.15) is 10.4 Å². The van der Waals surface area contributed by atoms with Crippen LogP contribution in [0.3, 0.4) is 0 Å². The van der Waals surface area contributed by atoms with E-state index in [1.54, 1.807) is 15.9 Å². The standard InChI is InChI=1S/C21H17F2N5O3/c22-15-7-5-14(6-8-15)21(29)27-11-9-26(10-12-27)20-19(28(30)31)18(24-13-25-20)16-3-1-2-4-17(16)23/h1-8,13H,9-12H2. The Morgan fingerprint density at radius 2 is 1.65 bits per heavy atom. The van der Waals surface area contributed by atoms with Crippen LogP contribution in [-0.2, 0) is 0 Å². The van der Waals surface area contributed by atoms with Gasteiger partial charge in [0.25, 0.3) is 5.91 Å². The van der Waals surface area contributed by atoms with Gasteiger partial charge in [-0.3, -0.25) is 14.9 Å². The molecule has 1 aliphatic heterocycles. The molecule has 4 rings (SSSR count). The number of nitro groups is 1. The van der Waals surface area contributed by atoms with Crippen LogP contribution in [0.4, 0.5) is 20.3 Å². The van der Waals surface area contributed by atoms with Crippen LogP contribution >= 0.6 is 0 Å². The molecule has 1 aromatic heterocycles. The molecule has 0 saturated carbocycles. The molecule has 2 heterocycles. The summed E-state index contributed by atoms with van der Waals surface area (Å²) in [6, 6.07) is 11.0. The molecule has 1 aliphatic rings. The van der Waals surface area contributed by atoms with Gasteiger partial charge in [0.1, 0.15) is 18.0 Å². The van der Waals surface area contributed by atoms with E-state index in [1.165, 1.54) is 48.8 Å². The predicted molar refractivity (Wildman–Crippen MR) is 109 cm³/mol. The van der Waals surface area contributed by atoms with Crippen LogP contribution in [0, 0.1) is 21.7 Å². The van der Waals surface area contributed by atoms with E-state index in [-0.39, 0.29) is 28.7 Å². The van der Waals surface area contributed by atoms with E-state index < -0.39 is 16.6 Å². The molecule has 0 unspecified atom stereocenters. The molecule has 0 N–H and O–H groups in total. The van der Waals surface area contributed by atoms with E-state index in [0.29, 0.717) is 31.7 Å². The molecule has 1 saturated heterocycles. The number of hydrogen-bond donors (Lipinski definition) is 0. The van der Waals surface area contributed by atoms with Crippen LogP contribution < -0.4 is 4.90 Å². The zero-order valence-electron chi connectivity index (χ0n) is 16.2. The van der Waals surface area contributed by atoms with Crippen LogP contribution in [0.25, 0.3) is 11.3 Å². The van der Waals surface area contributed by atoms with E-state index in [1.807, 2.05) is 0 Å². The average Bonchev–Trinajstić information content (AvgIpc) is 2.79. The minimum absolute atomic E-state index is 0.0166. The maximum Gasteiger partial charge on any atom is 0.337 e. The van der Waals surface area contributed by atoms with Gasteiger partial charge < -0.3 is 9.80 Å². The number of nitrogens with zero attached hydrogens (tertiary/aromatic N) is 5. The van der Waals surface area contributed by atoms with Crippen molar-refractivity contribution in [3.63, 3.8) is 0 Å². The number of hydrogen-bond acceptors (Lipinski definition) is 6. The van der Waals surface area contributed by atoms with Crippen LogP contribution in [0.5, 0.6) is 0 Å². The van der Waals surface area contributed by atoms with Gasteiger partial charge in [-0.2, -0.15) is 0 Å². The molecule has 0 aliphatic carbocycles. The second kappa shape index (κ2) is 8.42. The van der Waals surface area contributed by atoms with Gasteiger partial charge in [0.2, 0.25) is 5.82 Å². The summed E-state index contributed by atoms with van der Waals surface area (Å²) in [5.74, 6) is -1.22. The van der Waals surface area contributed by atoms with Gasteiger partial charge in [0.05, 0.1) is 4.92 Å². The summed E-state index contributed by atoms with van der Waals surface area (Å²) in [7, 11) is 0. The van der Waals surface area contributed by atoms with Gasteiger partial charge in [0, 0.05) is 37.3 Å². The molecule has 3 aromatic rings. The van der Waals surface area contributed by atoms with E-state index >= 15 is 0 Å². The normalized spacial score (nSPS) is 13.9. The molecule has 0 spiro atoms. The summed E-state index contributed by atoms with van der Waals surface area (Å²) in [6.45, 7) is 1.18. The van der Waals surface area contributed by atoms with Gasteiger partial charge >= 0.3 is 5.69 Å². The van der Waals surface area contributed by atoms with Crippen molar-refractivity contribution < 1.29 is 18.5 Å². The summed E-state index contributed by atoms with van der Waals surface area (Å²) in [5.41, 5.74) is -0.100. The molecule has 1 fully saturated rings. The Labute approximate surface area is 175 Å². The first-order chi connectivity index (χ1) is 15.0. The van der Waals surface area contributed by atoms with Crippen molar-refractivity contribution >= 4 is 17.4 Å². The number of amides is 1. The molecule has 2 aromatic carbocycles. The van der Waals surface area contributed by atoms with Crippen molar-refractivity contribution in [3.05, 3.63) is 82.2 Å². The first kappa shape index (κ1) is 20.3. The molecule has 0 atom stereocenters. The Bertz CT molecular complexity index is 1130. The summed E-state index contributed by atoms with van der Waals surface area (Å²) >= 11 is 0. The number of benzene rings is 2. The number of anilines is 1. The fraction of sp³-hybridized carbons (Fsp3) is 0.190. The fourth-order valence-corrected chi connectivity index (χ4v) is 3.52. The first-order valence-electron chi connectivity index (χ1n) is 9.50. The van der Waals surface area contributed by atoms with E-state index in [4.69, 9.17) is 0 Å². The molecule has 8 nitrogen and oxygen atoms in total. The maximum absolute atomic E-state index is 14.3. The smallest absolute Gasteiger partial charge is 0.337 e. The Hall–Kier alpha value is -3.95. The Morgan fingerprint density at radius 1 is 0.968 bits per heavy atom. The Morgan fingerprint density at radius 3 is 2.29 bits per heavy atom. The number of piperazine rings is 1. The summed E-state index contributed by atoms with van der Waals surface area (Å²) in [5, 5.41) is 11.8. The van der Waals surface area contributed by atoms with Crippen molar-refractivity contribution in [1.82, 2.24) is 14.9 Å². The second-order valence-electron chi connectivity index (χ2n) is 6.92. The van der Waals surface area contributed by atoms with E-state index in [2.05, 4.69) is 9.97 Å². The Kier molecular flexibility index (Phi) is 5.52. The van der Waals surface area contributed by atoms with Gasteiger partial charge in [-0.05, 0) is 36.4 Å². The van der Waals surface area contributed by atoms with Crippen molar-refractivity contribution in [2.45, 2.75) is 0 Å². The lowest BCUT2D eigenvalue weighted by Gasteiger charge is -2.35. The average molecular weight is 425 g/mol. The number of rotatable bonds is 4. The highest BCUT2D eigenvalue weighted by molar-refractivity contribution is 5.94. The highest BCUT2D eigenvalue weighted by Crippen LogP contribution is 2.36. The fourth-order valence-electron chi connectivity index (χ4n) is 3.52. The van der Waals surface area contributed by atoms with Crippen molar-refractivity contribution in [1.29, 1.82) is 0 Å². The zero-order valence-corrected chi connectivity index (χ0v) is 16.2. The van der Waals surface area contributed by atoms with Crippen molar-refractivity contribution in [2.75, 3.05) is 31.1 Å². The monoisotopic (exact) mass is 425 g/mol. The van der Waals surface area contributed by atoms with Crippen molar-refractivity contribution in [2.24, 2.45) is 0 Å². The summed E-state index contributed by atoms with van der Waals surface area (Å²) < 4.78 is 27.3. The minimum Gasteiger partial charge on any atom is -0.347 e. The van der Waals surface area contributed by atoms with Crippen molar-refractivity contribution in [3.8, 4) is 11.3 Å². The quantitative estimate of drug-likeness (QED) is 0.471. The third-order valence-corrected chi connectivity index (χ3v) is 5.07. The molecule has 10 heteroatoms. The number of aromatic nitrogens is 2. The topological polar surface area (TPSA) is 92.5 Å². The number of carbonyl (C=O) groups excluding carboxylic acids is 1. The molecular formula is C21H17F2N5O3. The lowest BCUT2D eigenvalue weighted by Crippen LogP contribution is -2.49. The molecule has 0 bridgehead atoms. The highest BCUT2D eigenvalue weighted by atomic mass is 19.1. The molecule has 31 heavy (non-hydrogen) atoms. The van der Waals surface area contributed by atoms with E-state index in [9.17, 15) is 23.7 Å². The SMILES string of the molecule is O=C(c1ccc(F)cc1)N1CCN(c2ncnc(-c3ccccc3F)c2[N+](=O)[O-])CC1. The first-order valence-corrected chi connectivity index (χ1v) is 9.50. The highest BCUT2D eigenvalue weighted by Gasteiger charge is 2.31. The summed E-state index contributed by atoms with van der Waals surface area (Å²) in [6.07, 6.45) is 1.17. The van der Waals surface area contributed by atoms with Gasteiger partial charge in [-0.25, -0.2) is 18.7 Å². The third-order valence-electron chi connectivity index (χ3n) is 5.07. The van der Waals surface area contributed by atoms with Gasteiger partial charge in [-0.1, -0.05) is 12.1 Å². The van der Waals surface area contributed by atoms with E-state index in [0.717, 1.165) is 0 Å². The van der Waals surface area contributed by atoms with Gasteiger partial charge in [0.15, 0.2) is 5.69 Å². The van der Waals surface area contributed by atoms with Crippen LogP contribution in [0.2, 0.25) is 0 Å². The van der Waals surface area contributed by atoms with Gasteiger partial charge in [-0.15, -0.1) is 0 Å². The lowest BCUT2D eigenvalue weighted by atomic mass is 10.1. The molecule has 0 radical (unpaired) electrons. The molecular weight excluding hydrogens is 408 g/mol. The zero-order chi connectivity index (χ0) is 22.0. The largest absolute Gasteiger partial charge is 0.347 e. The second-order valence-corrected chi connectivity index (χ2v) is 6.92. The maximum atomic E-state index is 14.3. The predicted octanol–water partition coefficient (Wildman–Crippen LogP) is 3.29. The van der Waals surface area contributed by atoms with Crippen LogP contribution in [-0.4, -0.2) is 51.9 Å². The lowest BCUT2D eigenvalue weighted by molar-refractivity contribution is -0.383. The number of carbonyl (C=O) groups is 1. The Balaban J connectivity index is 1.58.